The van der Waals surface area contributed by atoms with E-state index in [1.807, 2.05) is 36.4 Å². The second-order valence-corrected chi connectivity index (χ2v) is 8.20. The number of hydrogen-bond donors (Lipinski definition) is 4. The Morgan fingerprint density at radius 2 is 2.04 bits per heavy atom. The largest absolute Gasteiger partial charge is 0.354 e. The molecule has 0 aliphatic carbocycles. The lowest BCUT2D eigenvalue weighted by atomic mass is 9.92. The summed E-state index contributed by atoms with van der Waals surface area (Å²) in [5.41, 5.74) is 2.96. The maximum Gasteiger partial charge on any atom is 0.171 e. The predicted molar refractivity (Wildman–Crippen MR) is 120 cm³/mol. The summed E-state index contributed by atoms with van der Waals surface area (Å²) < 4.78 is 0. The van der Waals surface area contributed by atoms with Gasteiger partial charge in [-0.2, -0.15) is 5.10 Å². The van der Waals surface area contributed by atoms with E-state index in [0.29, 0.717) is 15.2 Å². The number of anilines is 1. The number of nitrogens with one attached hydrogen (secondary N) is 4. The molecule has 0 radical (unpaired) electrons. The summed E-state index contributed by atoms with van der Waals surface area (Å²) in [5, 5.41) is 20.0. The van der Waals surface area contributed by atoms with E-state index in [4.69, 9.17) is 35.4 Å². The van der Waals surface area contributed by atoms with Crippen LogP contribution in [0.2, 0.25) is 10.0 Å². The first kappa shape index (κ1) is 19.5. The molecule has 2 atom stereocenters. The third-order valence-electron chi connectivity index (χ3n) is 5.04. The van der Waals surface area contributed by atoms with Gasteiger partial charge in [0.25, 0.3) is 0 Å². The second kappa shape index (κ2) is 8.66. The van der Waals surface area contributed by atoms with Gasteiger partial charge in [0.2, 0.25) is 0 Å². The molecule has 0 bridgehead atoms. The molecular weight excluding hydrogens is 413 g/mol. The Morgan fingerprint density at radius 1 is 1.14 bits per heavy atom. The first-order valence-electron chi connectivity index (χ1n) is 9.29. The van der Waals surface area contributed by atoms with Gasteiger partial charge in [0, 0.05) is 17.1 Å². The number of halogens is 2. The summed E-state index contributed by atoms with van der Waals surface area (Å²) in [6.45, 7) is 1.00. The van der Waals surface area contributed by atoms with Crippen LogP contribution in [0.25, 0.3) is 10.9 Å². The molecule has 4 N–H and O–H groups in total. The fourth-order valence-electron chi connectivity index (χ4n) is 3.61. The fraction of sp³-hybridized carbons (Fsp3) is 0.300. The van der Waals surface area contributed by atoms with Gasteiger partial charge in [0.05, 0.1) is 27.8 Å². The standard InChI is InChI=1S/C20H21Cl2N5S/c21-15-6-4-12(10-16(15)22)19(18-3-1-2-8-23-18)26-20(28)25-14-5-7-17-13(9-14)11-24-27-17/h4-7,9-11,18-19,23H,1-3,8H2,(H,24,27)(H2,25,26,28)/t18-,19?/m0/s1. The van der Waals surface area contributed by atoms with Crippen LogP contribution in [-0.2, 0) is 0 Å². The van der Waals surface area contributed by atoms with E-state index in [0.717, 1.165) is 35.1 Å². The molecule has 1 saturated heterocycles. The van der Waals surface area contributed by atoms with E-state index in [-0.39, 0.29) is 12.1 Å². The minimum absolute atomic E-state index is 0.00674. The molecule has 1 aliphatic rings. The van der Waals surface area contributed by atoms with Crippen molar-refractivity contribution in [2.45, 2.75) is 31.3 Å². The van der Waals surface area contributed by atoms with Crippen molar-refractivity contribution in [3.05, 3.63) is 58.2 Å². The van der Waals surface area contributed by atoms with Crippen molar-refractivity contribution in [3.63, 3.8) is 0 Å². The van der Waals surface area contributed by atoms with Gasteiger partial charge in [0.15, 0.2) is 5.11 Å². The lowest BCUT2D eigenvalue weighted by molar-refractivity contribution is 0.338. The number of nitrogens with zero attached hydrogens (tertiary/aromatic N) is 1. The Labute approximate surface area is 179 Å². The summed E-state index contributed by atoms with van der Waals surface area (Å²) in [5.74, 6) is 0. The van der Waals surface area contributed by atoms with Crippen LogP contribution in [0.15, 0.2) is 42.6 Å². The topological polar surface area (TPSA) is 64.8 Å². The molecular formula is C20H21Cl2N5S. The Hall–Kier alpha value is -1.86. The van der Waals surface area contributed by atoms with Gasteiger partial charge in [-0.3, -0.25) is 5.10 Å². The van der Waals surface area contributed by atoms with Crippen LogP contribution < -0.4 is 16.0 Å². The van der Waals surface area contributed by atoms with Crippen molar-refractivity contribution < 1.29 is 0 Å². The molecule has 0 amide bonds. The van der Waals surface area contributed by atoms with Crippen LogP contribution in [0.5, 0.6) is 0 Å². The molecule has 5 nitrogen and oxygen atoms in total. The minimum Gasteiger partial charge on any atom is -0.354 e. The molecule has 28 heavy (non-hydrogen) atoms. The number of fused-ring (bicyclic) bond motifs is 1. The van der Waals surface area contributed by atoms with E-state index in [1.54, 1.807) is 6.20 Å². The molecule has 8 heteroatoms. The SMILES string of the molecule is S=C(Nc1ccc2[nH]ncc2c1)NC(c1ccc(Cl)c(Cl)c1)[C@@H]1CCCCN1. The van der Waals surface area contributed by atoms with Crippen LogP contribution in [-0.4, -0.2) is 27.9 Å². The lowest BCUT2D eigenvalue weighted by Crippen LogP contribution is -2.47. The number of thiocarbonyl (C=S) groups is 1. The highest BCUT2D eigenvalue weighted by molar-refractivity contribution is 7.80. The third-order valence-corrected chi connectivity index (χ3v) is 6.00. The van der Waals surface area contributed by atoms with Crippen molar-refractivity contribution >= 4 is 57.1 Å². The van der Waals surface area contributed by atoms with Crippen LogP contribution >= 0.6 is 35.4 Å². The Morgan fingerprint density at radius 3 is 2.82 bits per heavy atom. The van der Waals surface area contributed by atoms with Gasteiger partial charge in [-0.15, -0.1) is 0 Å². The van der Waals surface area contributed by atoms with Crippen molar-refractivity contribution in [1.29, 1.82) is 0 Å². The molecule has 0 spiro atoms. The molecule has 1 fully saturated rings. The Bertz CT molecular complexity index is 984. The highest BCUT2D eigenvalue weighted by Gasteiger charge is 2.26. The average Bonchev–Trinajstić information content (AvgIpc) is 3.17. The monoisotopic (exact) mass is 433 g/mol. The predicted octanol–water partition coefficient (Wildman–Crippen LogP) is 5.04. The van der Waals surface area contributed by atoms with Gasteiger partial charge in [-0.1, -0.05) is 35.7 Å². The zero-order valence-corrected chi connectivity index (χ0v) is 17.5. The Balaban J connectivity index is 1.53. The second-order valence-electron chi connectivity index (χ2n) is 6.98. The van der Waals surface area contributed by atoms with Crippen molar-refractivity contribution in [2.75, 3.05) is 11.9 Å². The normalized spacial score (nSPS) is 18.0. The van der Waals surface area contributed by atoms with E-state index in [9.17, 15) is 0 Å². The van der Waals surface area contributed by atoms with Crippen LogP contribution in [0, 0.1) is 0 Å². The molecule has 1 aliphatic heterocycles. The van der Waals surface area contributed by atoms with E-state index < -0.39 is 0 Å². The number of H-pyrrole nitrogens is 1. The summed E-state index contributed by atoms with van der Waals surface area (Å²) >= 11 is 18.0. The van der Waals surface area contributed by atoms with Gasteiger partial charge in [0.1, 0.15) is 0 Å². The maximum atomic E-state index is 6.27. The van der Waals surface area contributed by atoms with Gasteiger partial charge >= 0.3 is 0 Å². The molecule has 4 rings (SSSR count). The zero-order chi connectivity index (χ0) is 19.5. The molecule has 1 aromatic heterocycles. The smallest absolute Gasteiger partial charge is 0.171 e. The number of aromatic amines is 1. The highest BCUT2D eigenvalue weighted by Crippen LogP contribution is 2.29. The summed E-state index contributed by atoms with van der Waals surface area (Å²) in [6, 6.07) is 12.0. The van der Waals surface area contributed by atoms with E-state index in [1.165, 1.54) is 12.8 Å². The average molecular weight is 434 g/mol. The van der Waals surface area contributed by atoms with Crippen LogP contribution in [0.1, 0.15) is 30.9 Å². The van der Waals surface area contributed by atoms with Crippen molar-refractivity contribution in [1.82, 2.24) is 20.8 Å². The molecule has 0 saturated carbocycles. The molecule has 146 valence electrons. The number of aromatic nitrogens is 2. The quantitative estimate of drug-likeness (QED) is 0.434. The number of benzene rings is 2. The maximum absolute atomic E-state index is 6.27. The third kappa shape index (κ3) is 4.41. The summed E-state index contributed by atoms with van der Waals surface area (Å²) in [7, 11) is 0. The Kier molecular flexibility index (Phi) is 6.01. The molecule has 2 aromatic carbocycles. The summed E-state index contributed by atoms with van der Waals surface area (Å²) in [6.07, 6.45) is 5.25. The highest BCUT2D eigenvalue weighted by atomic mass is 35.5. The van der Waals surface area contributed by atoms with Crippen LogP contribution in [0.3, 0.4) is 0 Å². The fourth-order valence-corrected chi connectivity index (χ4v) is 4.17. The summed E-state index contributed by atoms with van der Waals surface area (Å²) in [4.78, 5) is 0. The van der Waals surface area contributed by atoms with Crippen LogP contribution in [0.4, 0.5) is 5.69 Å². The first-order valence-corrected chi connectivity index (χ1v) is 10.5. The zero-order valence-electron chi connectivity index (χ0n) is 15.1. The minimum atomic E-state index is -0.00674. The lowest BCUT2D eigenvalue weighted by Gasteiger charge is -2.33. The molecule has 3 aromatic rings. The van der Waals surface area contributed by atoms with E-state index in [2.05, 4.69) is 26.1 Å². The first-order chi connectivity index (χ1) is 13.6. The van der Waals surface area contributed by atoms with E-state index >= 15 is 0 Å². The number of rotatable bonds is 4. The number of piperidine rings is 1. The van der Waals surface area contributed by atoms with Crippen molar-refractivity contribution in [2.24, 2.45) is 0 Å². The van der Waals surface area contributed by atoms with Gasteiger partial charge in [-0.25, -0.2) is 0 Å². The number of hydrogen-bond acceptors (Lipinski definition) is 3. The van der Waals surface area contributed by atoms with Crippen molar-refractivity contribution in [3.8, 4) is 0 Å². The van der Waals surface area contributed by atoms with Gasteiger partial charge < -0.3 is 16.0 Å². The van der Waals surface area contributed by atoms with Gasteiger partial charge in [-0.05, 0) is 67.5 Å². The molecule has 1 unspecified atom stereocenters. The molecule has 2 heterocycles.